The highest BCUT2D eigenvalue weighted by molar-refractivity contribution is 5.85. The fourth-order valence-corrected chi connectivity index (χ4v) is 3.44. The number of unbranched alkanes of at least 4 members (excludes halogenated alkanes) is 14. The molecule has 0 fully saturated rings. The van der Waals surface area contributed by atoms with E-state index in [-0.39, 0.29) is 23.9 Å². The molecular formula is C23H48ClN. The lowest BCUT2D eigenvalue weighted by Crippen LogP contribution is -2.35. The largest absolute Gasteiger partial charge is 0.324 e. The highest BCUT2D eigenvalue weighted by atomic mass is 35.5. The lowest BCUT2D eigenvalue weighted by atomic mass is 9.80. The average Bonchev–Trinajstić information content (AvgIpc) is 2.57. The van der Waals surface area contributed by atoms with Crippen LogP contribution in [0.25, 0.3) is 0 Å². The molecule has 0 aromatic heterocycles. The molecule has 0 aliphatic rings. The van der Waals surface area contributed by atoms with Gasteiger partial charge in [0.25, 0.3) is 0 Å². The minimum absolute atomic E-state index is 0. The van der Waals surface area contributed by atoms with E-state index in [0.29, 0.717) is 0 Å². The van der Waals surface area contributed by atoms with Gasteiger partial charge in [0.15, 0.2) is 0 Å². The van der Waals surface area contributed by atoms with E-state index in [4.69, 9.17) is 5.73 Å². The summed E-state index contributed by atoms with van der Waals surface area (Å²) in [5, 5.41) is 0. The quantitative estimate of drug-likeness (QED) is 0.190. The molecule has 1 atom stereocenters. The molecular weight excluding hydrogens is 326 g/mol. The van der Waals surface area contributed by atoms with Crippen molar-refractivity contribution in [2.45, 2.75) is 130 Å². The summed E-state index contributed by atoms with van der Waals surface area (Å²) >= 11 is 0. The molecule has 0 aromatic rings. The van der Waals surface area contributed by atoms with Crippen LogP contribution >= 0.6 is 12.4 Å². The van der Waals surface area contributed by atoms with Crippen molar-refractivity contribution in [3.63, 3.8) is 0 Å². The van der Waals surface area contributed by atoms with Gasteiger partial charge in [0.2, 0.25) is 0 Å². The Balaban J connectivity index is 0. The Hall–Kier alpha value is -0.0100. The first-order valence-corrected chi connectivity index (χ1v) is 10.9. The van der Waals surface area contributed by atoms with Gasteiger partial charge in [0.05, 0.1) is 0 Å². The number of rotatable bonds is 18. The molecule has 0 saturated carbocycles. The fraction of sp³-hybridized carbons (Fsp3) is 0.913. The van der Waals surface area contributed by atoms with Crippen LogP contribution in [0.4, 0.5) is 0 Å². The van der Waals surface area contributed by atoms with Gasteiger partial charge >= 0.3 is 0 Å². The SMILES string of the molecule is C=CC(N)C(C)(C)CCCCCCCCCCCCCCCCC.Cl. The maximum atomic E-state index is 6.09. The molecule has 2 N–H and O–H groups in total. The predicted molar refractivity (Wildman–Crippen MR) is 119 cm³/mol. The molecule has 0 rings (SSSR count). The van der Waals surface area contributed by atoms with Crippen LogP contribution in [0.2, 0.25) is 0 Å². The molecule has 0 spiro atoms. The van der Waals surface area contributed by atoms with E-state index in [2.05, 4.69) is 27.4 Å². The van der Waals surface area contributed by atoms with E-state index in [9.17, 15) is 0 Å². The zero-order chi connectivity index (χ0) is 18.1. The van der Waals surface area contributed by atoms with Crippen LogP contribution in [0.1, 0.15) is 124 Å². The van der Waals surface area contributed by atoms with Crippen molar-refractivity contribution in [2.75, 3.05) is 0 Å². The summed E-state index contributed by atoms with van der Waals surface area (Å²) in [5.41, 5.74) is 6.30. The fourth-order valence-electron chi connectivity index (χ4n) is 3.44. The van der Waals surface area contributed by atoms with E-state index in [1.807, 2.05) is 6.08 Å². The summed E-state index contributed by atoms with van der Waals surface area (Å²) in [4.78, 5) is 0. The lowest BCUT2D eigenvalue weighted by Gasteiger charge is -2.29. The van der Waals surface area contributed by atoms with Crippen molar-refractivity contribution in [1.82, 2.24) is 0 Å². The van der Waals surface area contributed by atoms with Crippen LogP contribution in [-0.2, 0) is 0 Å². The van der Waals surface area contributed by atoms with Gasteiger partial charge in [-0.2, -0.15) is 0 Å². The van der Waals surface area contributed by atoms with Crippen molar-refractivity contribution >= 4 is 12.4 Å². The number of hydrogen-bond donors (Lipinski definition) is 1. The van der Waals surface area contributed by atoms with Crippen LogP contribution < -0.4 is 5.73 Å². The molecule has 0 radical (unpaired) electrons. The van der Waals surface area contributed by atoms with Crippen LogP contribution in [-0.4, -0.2) is 6.04 Å². The Kier molecular flexibility index (Phi) is 20.4. The molecule has 1 unspecified atom stereocenters. The molecule has 152 valence electrons. The number of nitrogens with two attached hydrogens (primary N) is 1. The summed E-state index contributed by atoms with van der Waals surface area (Å²) in [6.45, 7) is 10.6. The first-order valence-electron chi connectivity index (χ1n) is 10.9. The molecule has 0 saturated heterocycles. The highest BCUT2D eigenvalue weighted by Crippen LogP contribution is 2.27. The second kappa shape index (κ2) is 18.8. The summed E-state index contributed by atoms with van der Waals surface area (Å²) in [5.74, 6) is 0. The molecule has 0 aliphatic heterocycles. The van der Waals surface area contributed by atoms with Gasteiger partial charge in [-0.25, -0.2) is 0 Å². The van der Waals surface area contributed by atoms with Crippen molar-refractivity contribution < 1.29 is 0 Å². The van der Waals surface area contributed by atoms with E-state index in [1.165, 1.54) is 103 Å². The second-order valence-electron chi connectivity index (χ2n) is 8.45. The Morgan fingerprint density at radius 2 is 1.04 bits per heavy atom. The van der Waals surface area contributed by atoms with Crippen LogP contribution in [0, 0.1) is 5.41 Å². The zero-order valence-corrected chi connectivity index (χ0v) is 18.5. The van der Waals surface area contributed by atoms with Gasteiger partial charge in [-0.3, -0.25) is 0 Å². The van der Waals surface area contributed by atoms with Gasteiger partial charge in [-0.1, -0.05) is 123 Å². The van der Waals surface area contributed by atoms with Crippen LogP contribution in [0.3, 0.4) is 0 Å². The molecule has 0 aromatic carbocycles. The minimum Gasteiger partial charge on any atom is -0.324 e. The maximum absolute atomic E-state index is 6.09. The van der Waals surface area contributed by atoms with Gasteiger partial charge in [0, 0.05) is 6.04 Å². The van der Waals surface area contributed by atoms with Gasteiger partial charge in [-0.15, -0.1) is 19.0 Å². The molecule has 0 heterocycles. The van der Waals surface area contributed by atoms with E-state index in [0.717, 1.165) is 0 Å². The third kappa shape index (κ3) is 17.2. The lowest BCUT2D eigenvalue weighted by molar-refractivity contribution is 0.285. The second-order valence-corrected chi connectivity index (χ2v) is 8.45. The first-order chi connectivity index (χ1) is 11.5. The van der Waals surface area contributed by atoms with E-state index < -0.39 is 0 Å². The first kappa shape index (κ1) is 27.2. The van der Waals surface area contributed by atoms with Crippen LogP contribution in [0.5, 0.6) is 0 Å². The zero-order valence-electron chi connectivity index (χ0n) is 17.7. The monoisotopic (exact) mass is 373 g/mol. The third-order valence-corrected chi connectivity index (χ3v) is 5.58. The van der Waals surface area contributed by atoms with Gasteiger partial charge in [0.1, 0.15) is 0 Å². The van der Waals surface area contributed by atoms with E-state index >= 15 is 0 Å². The molecule has 0 aliphatic carbocycles. The Bertz CT molecular complexity index is 275. The van der Waals surface area contributed by atoms with Gasteiger partial charge < -0.3 is 5.73 Å². The molecule has 25 heavy (non-hydrogen) atoms. The average molecular weight is 374 g/mol. The summed E-state index contributed by atoms with van der Waals surface area (Å²) in [7, 11) is 0. The molecule has 0 bridgehead atoms. The highest BCUT2D eigenvalue weighted by Gasteiger charge is 2.23. The molecule has 0 amide bonds. The smallest absolute Gasteiger partial charge is 0.0273 e. The van der Waals surface area contributed by atoms with Crippen molar-refractivity contribution in [1.29, 1.82) is 0 Å². The maximum Gasteiger partial charge on any atom is 0.0273 e. The Labute approximate surface area is 166 Å². The number of hydrogen-bond acceptors (Lipinski definition) is 1. The van der Waals surface area contributed by atoms with Crippen molar-refractivity contribution in [3.05, 3.63) is 12.7 Å². The predicted octanol–water partition coefficient (Wildman–Crippen LogP) is 8.21. The van der Waals surface area contributed by atoms with Crippen LogP contribution in [0.15, 0.2) is 12.7 Å². The topological polar surface area (TPSA) is 26.0 Å². The number of halogens is 1. The van der Waals surface area contributed by atoms with Crippen molar-refractivity contribution in [2.24, 2.45) is 11.1 Å². The molecule has 1 nitrogen and oxygen atoms in total. The summed E-state index contributed by atoms with van der Waals surface area (Å²) in [6, 6.07) is 0.129. The Morgan fingerprint density at radius 1 is 0.720 bits per heavy atom. The summed E-state index contributed by atoms with van der Waals surface area (Å²) < 4.78 is 0. The van der Waals surface area contributed by atoms with Gasteiger partial charge in [-0.05, 0) is 11.8 Å². The minimum atomic E-state index is 0. The van der Waals surface area contributed by atoms with E-state index in [1.54, 1.807) is 0 Å². The van der Waals surface area contributed by atoms with Crippen molar-refractivity contribution in [3.8, 4) is 0 Å². The molecule has 2 heteroatoms. The Morgan fingerprint density at radius 3 is 1.36 bits per heavy atom. The summed E-state index contributed by atoms with van der Waals surface area (Å²) in [6.07, 6.45) is 24.5. The third-order valence-electron chi connectivity index (χ3n) is 5.58. The standard InChI is InChI=1S/C23H47N.ClH/c1-5-7-8-9-10-11-12-13-14-15-16-17-18-19-20-21-23(3,4)22(24)6-2;/h6,22H,2,5,7-21,24H2,1,3-4H3;1H. The normalized spacial score (nSPS) is 12.6.